The van der Waals surface area contributed by atoms with Gasteiger partial charge in [-0.2, -0.15) is 0 Å². The number of nitrogens with zero attached hydrogens (tertiary/aromatic N) is 1. The van der Waals surface area contributed by atoms with Gasteiger partial charge in [0.15, 0.2) is 0 Å². The van der Waals surface area contributed by atoms with E-state index in [1.807, 2.05) is 30.3 Å². The first-order valence-electron chi connectivity index (χ1n) is 6.66. The lowest BCUT2D eigenvalue weighted by atomic mass is 9.96. The number of hydrogen-bond donors (Lipinski definition) is 1. The molecule has 2 nitrogen and oxygen atoms in total. The number of pyridine rings is 1. The van der Waals surface area contributed by atoms with E-state index in [-0.39, 0.29) is 6.04 Å². The minimum atomic E-state index is 0.285. The molecule has 2 aromatic rings. The van der Waals surface area contributed by atoms with Gasteiger partial charge in [-0.3, -0.25) is 0 Å². The predicted octanol–water partition coefficient (Wildman–Crippen LogP) is 4.98. The number of benzene rings is 1. The van der Waals surface area contributed by atoms with Gasteiger partial charge >= 0.3 is 0 Å². The monoisotopic (exact) mass is 352 g/mol. The van der Waals surface area contributed by atoms with Gasteiger partial charge in [0.2, 0.25) is 0 Å². The summed E-state index contributed by atoms with van der Waals surface area (Å²) < 4.78 is 0.865. The maximum atomic E-state index is 5.95. The van der Waals surface area contributed by atoms with Gasteiger partial charge < -0.3 is 5.32 Å². The number of aromatic nitrogens is 1. The van der Waals surface area contributed by atoms with Gasteiger partial charge in [0.05, 0.1) is 5.69 Å². The Kier molecular flexibility index (Phi) is 5.58. The third kappa shape index (κ3) is 4.30. The zero-order chi connectivity index (χ0) is 14.5. The third-order valence-electron chi connectivity index (χ3n) is 3.17. The van der Waals surface area contributed by atoms with Gasteiger partial charge in [-0.15, -0.1) is 0 Å². The van der Waals surface area contributed by atoms with Crippen molar-refractivity contribution < 1.29 is 0 Å². The molecule has 0 aliphatic heterocycles. The molecule has 1 atom stereocenters. The average Bonchev–Trinajstić information content (AvgIpc) is 2.41. The van der Waals surface area contributed by atoms with Gasteiger partial charge in [0.25, 0.3) is 0 Å². The van der Waals surface area contributed by atoms with Gasteiger partial charge in [-0.25, -0.2) is 4.98 Å². The van der Waals surface area contributed by atoms with Crippen molar-refractivity contribution in [1.82, 2.24) is 10.3 Å². The van der Waals surface area contributed by atoms with Crippen molar-refractivity contribution in [2.24, 2.45) is 5.92 Å². The van der Waals surface area contributed by atoms with Crippen molar-refractivity contribution in [3.63, 3.8) is 0 Å². The third-order valence-corrected chi connectivity index (χ3v) is 3.87. The molecule has 1 unspecified atom stereocenters. The number of rotatable bonds is 5. The second kappa shape index (κ2) is 7.21. The summed E-state index contributed by atoms with van der Waals surface area (Å²) in [5, 5.41) is 4.34. The van der Waals surface area contributed by atoms with E-state index in [9.17, 15) is 0 Å². The van der Waals surface area contributed by atoms with Crippen LogP contribution in [0, 0.1) is 5.92 Å². The highest BCUT2D eigenvalue weighted by atomic mass is 79.9. The lowest BCUT2D eigenvalue weighted by molar-refractivity contribution is 0.408. The van der Waals surface area contributed by atoms with Crippen molar-refractivity contribution >= 4 is 27.5 Å². The Balaban J connectivity index is 2.08. The van der Waals surface area contributed by atoms with Crippen LogP contribution >= 0.6 is 27.5 Å². The van der Waals surface area contributed by atoms with Crippen molar-refractivity contribution in [1.29, 1.82) is 0 Å². The second-order valence-electron chi connectivity index (χ2n) is 5.11. The highest BCUT2D eigenvalue weighted by Crippen LogP contribution is 2.23. The van der Waals surface area contributed by atoms with Crippen LogP contribution in [0.15, 0.2) is 47.1 Å². The van der Waals surface area contributed by atoms with Crippen molar-refractivity contribution in [3.05, 3.63) is 63.3 Å². The van der Waals surface area contributed by atoms with Crippen molar-refractivity contribution in [3.8, 4) is 0 Å². The minimum absolute atomic E-state index is 0.285. The summed E-state index contributed by atoms with van der Waals surface area (Å²) in [6.07, 6.45) is 0. The Morgan fingerprint density at radius 2 is 1.85 bits per heavy atom. The Labute approximate surface area is 133 Å². The van der Waals surface area contributed by atoms with E-state index in [0.29, 0.717) is 5.92 Å². The van der Waals surface area contributed by atoms with Crippen molar-refractivity contribution in [2.45, 2.75) is 26.4 Å². The fraction of sp³-hybridized carbons (Fsp3) is 0.312. The summed E-state index contributed by atoms with van der Waals surface area (Å²) in [6, 6.07) is 14.3. The van der Waals surface area contributed by atoms with Crippen LogP contribution in [0.5, 0.6) is 0 Å². The highest BCUT2D eigenvalue weighted by Gasteiger charge is 2.15. The predicted molar refractivity (Wildman–Crippen MR) is 87.8 cm³/mol. The van der Waals surface area contributed by atoms with Crippen LogP contribution in [0.4, 0.5) is 0 Å². The van der Waals surface area contributed by atoms with Crippen LogP contribution in [-0.4, -0.2) is 4.98 Å². The van der Waals surface area contributed by atoms with E-state index in [1.165, 1.54) is 5.56 Å². The lowest BCUT2D eigenvalue weighted by Crippen LogP contribution is -2.25. The average molecular weight is 354 g/mol. The molecule has 0 radical (unpaired) electrons. The molecule has 0 spiro atoms. The topological polar surface area (TPSA) is 24.9 Å². The molecule has 4 heteroatoms. The Bertz CT molecular complexity index is 555. The van der Waals surface area contributed by atoms with Crippen LogP contribution in [0.25, 0.3) is 0 Å². The van der Waals surface area contributed by atoms with Gasteiger partial charge in [-0.05, 0) is 51.7 Å². The molecule has 20 heavy (non-hydrogen) atoms. The molecule has 1 aromatic carbocycles. The van der Waals surface area contributed by atoms with Crippen LogP contribution in [0.2, 0.25) is 5.02 Å². The van der Waals surface area contributed by atoms with E-state index >= 15 is 0 Å². The van der Waals surface area contributed by atoms with Gasteiger partial charge in [-0.1, -0.05) is 43.6 Å². The van der Waals surface area contributed by atoms with E-state index in [0.717, 1.165) is 21.9 Å². The first-order chi connectivity index (χ1) is 9.56. The van der Waals surface area contributed by atoms with E-state index in [1.54, 1.807) is 0 Å². The van der Waals surface area contributed by atoms with Gasteiger partial charge in [0, 0.05) is 17.6 Å². The molecule has 0 fully saturated rings. The van der Waals surface area contributed by atoms with E-state index < -0.39 is 0 Å². The largest absolute Gasteiger partial charge is 0.304 e. The summed E-state index contributed by atoms with van der Waals surface area (Å²) in [7, 11) is 0. The molecule has 0 bridgehead atoms. The van der Waals surface area contributed by atoms with Crippen LogP contribution in [-0.2, 0) is 6.54 Å². The molecule has 1 N–H and O–H groups in total. The normalized spacial score (nSPS) is 12.7. The molecule has 1 heterocycles. The maximum Gasteiger partial charge on any atom is 0.106 e. The molecule has 0 saturated heterocycles. The summed E-state index contributed by atoms with van der Waals surface area (Å²) in [5.74, 6) is 0.489. The van der Waals surface area contributed by atoms with E-state index in [2.05, 4.69) is 52.2 Å². The van der Waals surface area contributed by atoms with Crippen molar-refractivity contribution in [2.75, 3.05) is 0 Å². The van der Waals surface area contributed by atoms with E-state index in [4.69, 9.17) is 11.6 Å². The molecule has 0 amide bonds. The first-order valence-corrected chi connectivity index (χ1v) is 7.83. The fourth-order valence-corrected chi connectivity index (χ4v) is 2.68. The Morgan fingerprint density at radius 3 is 2.45 bits per heavy atom. The summed E-state index contributed by atoms with van der Waals surface area (Å²) in [4.78, 5) is 4.45. The molecule has 0 aliphatic carbocycles. The zero-order valence-corrected chi connectivity index (χ0v) is 13.9. The Morgan fingerprint density at radius 1 is 1.15 bits per heavy atom. The number of halogens is 2. The molecule has 0 aliphatic rings. The van der Waals surface area contributed by atoms with Crippen LogP contribution < -0.4 is 5.32 Å². The first kappa shape index (κ1) is 15.5. The molecule has 1 aromatic heterocycles. The standard InChI is InChI=1S/C16H18BrClN2/c1-11(2)16(12-6-8-13(18)9-7-12)19-10-14-4-3-5-15(17)20-14/h3-9,11,16,19H,10H2,1-2H3. The molecule has 2 rings (SSSR count). The Hall–Kier alpha value is -0.900. The molecular weight excluding hydrogens is 336 g/mol. The maximum absolute atomic E-state index is 5.95. The quantitative estimate of drug-likeness (QED) is 0.766. The second-order valence-corrected chi connectivity index (χ2v) is 6.35. The minimum Gasteiger partial charge on any atom is -0.304 e. The summed E-state index contributed by atoms with van der Waals surface area (Å²) >= 11 is 9.35. The summed E-state index contributed by atoms with van der Waals surface area (Å²) in [6.45, 7) is 5.16. The zero-order valence-electron chi connectivity index (χ0n) is 11.6. The SMILES string of the molecule is CC(C)C(NCc1cccc(Br)n1)c1ccc(Cl)cc1. The molecular formula is C16H18BrClN2. The smallest absolute Gasteiger partial charge is 0.106 e. The van der Waals surface area contributed by atoms with Crippen LogP contribution in [0.3, 0.4) is 0 Å². The summed E-state index contributed by atoms with van der Waals surface area (Å²) in [5.41, 5.74) is 2.28. The number of nitrogens with one attached hydrogen (secondary N) is 1. The highest BCUT2D eigenvalue weighted by molar-refractivity contribution is 9.10. The van der Waals surface area contributed by atoms with Crippen LogP contribution in [0.1, 0.15) is 31.1 Å². The lowest BCUT2D eigenvalue weighted by Gasteiger charge is -2.23. The molecule has 106 valence electrons. The molecule has 0 saturated carbocycles. The fourth-order valence-electron chi connectivity index (χ4n) is 2.17. The van der Waals surface area contributed by atoms with Gasteiger partial charge in [0.1, 0.15) is 4.60 Å². The number of hydrogen-bond acceptors (Lipinski definition) is 2.